The van der Waals surface area contributed by atoms with Crippen molar-refractivity contribution in [2.45, 2.75) is 132 Å². The predicted octanol–water partition coefficient (Wildman–Crippen LogP) is 13.2. The van der Waals surface area contributed by atoms with Gasteiger partial charge in [0.15, 0.2) is 9.84 Å². The molecule has 0 amide bonds. The molecule has 0 aromatic heterocycles. The summed E-state index contributed by atoms with van der Waals surface area (Å²) in [7, 11) is -5.57. The van der Waals surface area contributed by atoms with Crippen LogP contribution in [0.3, 0.4) is 0 Å². The molecule has 63 heavy (non-hydrogen) atoms. The van der Waals surface area contributed by atoms with Gasteiger partial charge in [-0.15, -0.1) is 23.2 Å². The molecule has 0 radical (unpaired) electrons. The Labute approximate surface area is 334 Å². The smallest absolute Gasteiger partial charge is 0.229 e. The first-order valence-corrected chi connectivity index (χ1v) is 17.3. The van der Waals surface area contributed by atoms with Crippen molar-refractivity contribution in [1.82, 2.24) is 0 Å². The Morgan fingerprint density at radius 2 is 0.444 bits per heavy atom. The molecule has 0 fully saturated rings. The first kappa shape index (κ1) is 61.1. The van der Waals surface area contributed by atoms with Crippen LogP contribution in [0.25, 0.3) is 0 Å². The molecule has 0 aliphatic rings. The van der Waals surface area contributed by atoms with E-state index in [1.165, 1.54) is 0 Å². The van der Waals surface area contributed by atoms with Gasteiger partial charge < -0.3 is 0 Å². The number of alkyl halides is 36. The Bertz CT molecular complexity index is 1580. The van der Waals surface area contributed by atoms with Gasteiger partial charge in [0, 0.05) is 23.6 Å². The zero-order valence-corrected chi connectivity index (χ0v) is 30.6. The van der Waals surface area contributed by atoms with Crippen LogP contribution in [0, 0.1) is 0 Å². The molecular weight excluding hydrogens is 1070 g/mol. The van der Waals surface area contributed by atoms with Crippen molar-refractivity contribution >= 4 is 33.0 Å². The predicted molar refractivity (Wildman–Crippen MR) is 138 cm³/mol. The van der Waals surface area contributed by atoms with Crippen molar-refractivity contribution in [3.05, 3.63) is 0 Å². The number of hydrogen-bond acceptors (Lipinski definition) is 2. The van der Waals surface area contributed by atoms with E-state index >= 15 is 0 Å². The van der Waals surface area contributed by atoms with Crippen molar-refractivity contribution in [2.24, 2.45) is 0 Å². The Kier molecular flexibility index (Phi) is 16.2. The van der Waals surface area contributed by atoms with Gasteiger partial charge in [0.2, 0.25) is 0 Å². The van der Waals surface area contributed by atoms with Gasteiger partial charge in [0.1, 0.15) is 0 Å². The fraction of sp³-hybridized carbons (Fsp3) is 1.00. The van der Waals surface area contributed by atoms with Crippen molar-refractivity contribution in [2.75, 3.05) is 11.5 Å². The highest BCUT2D eigenvalue weighted by molar-refractivity contribution is 7.91. The van der Waals surface area contributed by atoms with Crippen LogP contribution in [0.5, 0.6) is 0 Å². The highest BCUT2D eigenvalue weighted by Gasteiger charge is 2.96. The van der Waals surface area contributed by atoms with Gasteiger partial charge in [-0.2, -0.15) is 149 Å². The lowest BCUT2D eigenvalue weighted by molar-refractivity contribution is -0.461. The van der Waals surface area contributed by atoms with Crippen LogP contribution in [0.2, 0.25) is 0 Å². The maximum absolute atomic E-state index is 14.1. The molecule has 0 spiro atoms. The van der Waals surface area contributed by atoms with E-state index in [4.69, 9.17) is 23.2 Å². The minimum Gasteiger partial charge on any atom is -0.229 e. The summed E-state index contributed by atoms with van der Waals surface area (Å²) >= 11 is 10.2. The summed E-state index contributed by atoms with van der Waals surface area (Å²) in [6, 6.07) is 0. The normalized spacial score (nSPS) is 17.6. The minimum atomic E-state index is -9.01. The summed E-state index contributed by atoms with van der Waals surface area (Å²) in [6.45, 7) is 0. The lowest BCUT2D eigenvalue weighted by atomic mass is 9.88. The van der Waals surface area contributed by atoms with Crippen LogP contribution in [-0.4, -0.2) is 126 Å². The monoisotopic (exact) mass is 1080 g/mol. The summed E-state index contributed by atoms with van der Waals surface area (Å²) in [6.07, 6.45) is -27.5. The maximum Gasteiger partial charge on any atom is 0.460 e. The molecule has 0 aromatic carbocycles. The van der Waals surface area contributed by atoms with E-state index in [0.29, 0.717) is 0 Å². The van der Waals surface area contributed by atoms with Crippen LogP contribution >= 0.6 is 23.2 Å². The molecule has 0 saturated carbocycles. The van der Waals surface area contributed by atoms with Gasteiger partial charge in [-0.1, -0.05) is 0 Å². The Balaban J connectivity index is 6.22. The Morgan fingerprint density at radius 1 is 0.286 bits per heavy atom. The fourth-order valence-corrected chi connectivity index (χ4v) is 7.11. The third-order valence-electron chi connectivity index (χ3n) is 7.99. The van der Waals surface area contributed by atoms with Gasteiger partial charge in [0.25, 0.3) is 0 Å². The van der Waals surface area contributed by atoms with E-state index in [1.54, 1.807) is 0 Å². The Morgan fingerprint density at radius 3 is 0.619 bits per heavy atom. The second-order valence-electron chi connectivity index (χ2n) is 12.6. The molecule has 380 valence electrons. The molecule has 0 aliphatic carbocycles. The molecular formula is C24H14Cl2F34O2S. The maximum atomic E-state index is 14.1. The van der Waals surface area contributed by atoms with E-state index in [-0.39, 0.29) is 0 Å². The standard InChI is InChI=1S/C24H14Cl2F34O2S/c25-7(1-3-9(27,28)11(31,32)13(35,36)15(39,40)17(43,44)19(47,48)21(51,52)23(55,56)57)5-63(61,62)6-8(26)2-4-10(29,30)12(33,34)14(37,38)16(41,42)18(45,46)20(49,50)22(53,54)24(58,59)60/h7-8H,1-6H2. The van der Waals surface area contributed by atoms with Crippen LogP contribution in [0.4, 0.5) is 149 Å². The van der Waals surface area contributed by atoms with E-state index in [9.17, 15) is 158 Å². The van der Waals surface area contributed by atoms with E-state index in [0.717, 1.165) is 0 Å². The molecule has 0 heterocycles. The first-order valence-electron chi connectivity index (χ1n) is 14.6. The summed E-state index contributed by atoms with van der Waals surface area (Å²) in [4.78, 5) is 0. The van der Waals surface area contributed by atoms with Gasteiger partial charge in [-0.05, 0) is 12.8 Å². The van der Waals surface area contributed by atoms with Gasteiger partial charge in [0.05, 0.1) is 11.5 Å². The molecule has 2 nitrogen and oxygen atoms in total. The van der Waals surface area contributed by atoms with Crippen molar-refractivity contribution in [3.8, 4) is 0 Å². The second-order valence-corrected chi connectivity index (χ2v) is 16.0. The van der Waals surface area contributed by atoms with Crippen LogP contribution in [0.15, 0.2) is 0 Å². The summed E-state index contributed by atoms with van der Waals surface area (Å²) in [5.74, 6) is -123. The zero-order valence-electron chi connectivity index (χ0n) is 28.2. The third kappa shape index (κ3) is 9.52. The molecule has 0 bridgehead atoms. The van der Waals surface area contributed by atoms with Crippen LogP contribution in [0.1, 0.15) is 25.7 Å². The minimum absolute atomic E-state index is 2.22. The average Bonchev–Trinajstić information content (AvgIpc) is 3.03. The third-order valence-corrected chi connectivity index (χ3v) is 10.9. The summed E-state index contributed by atoms with van der Waals surface area (Å²) < 4.78 is 479. The SMILES string of the molecule is O=S(=O)(CC(Cl)CCC(F)(F)C(F)(F)C(F)(F)C(F)(F)C(F)(F)C(F)(F)C(F)(F)C(F)(F)F)CC(Cl)CCC(F)(F)C(F)(F)C(F)(F)C(F)(F)C(F)(F)C(F)(F)C(F)(F)C(F)(F)F. The number of hydrogen-bond donors (Lipinski definition) is 0. The van der Waals surface area contributed by atoms with E-state index < -0.39 is 153 Å². The van der Waals surface area contributed by atoms with Crippen molar-refractivity contribution < 1.29 is 158 Å². The molecule has 39 heteroatoms. The molecule has 2 unspecified atom stereocenters. The molecule has 0 N–H and O–H groups in total. The number of rotatable bonds is 22. The molecule has 0 saturated heterocycles. The van der Waals surface area contributed by atoms with Gasteiger partial charge in [-0.3, -0.25) is 0 Å². The molecule has 0 aliphatic heterocycles. The summed E-state index contributed by atoms with van der Waals surface area (Å²) in [5, 5.41) is -5.83. The quantitative estimate of drug-likeness (QED) is 0.0800. The Hall–Kier alpha value is -1.85. The van der Waals surface area contributed by atoms with Crippen LogP contribution < -0.4 is 0 Å². The largest absolute Gasteiger partial charge is 0.460 e. The van der Waals surface area contributed by atoms with E-state index in [2.05, 4.69) is 0 Å². The van der Waals surface area contributed by atoms with E-state index in [1.807, 2.05) is 0 Å². The lowest BCUT2D eigenvalue weighted by Gasteiger charge is -2.43. The molecule has 0 aromatic rings. The van der Waals surface area contributed by atoms with Gasteiger partial charge in [-0.25, -0.2) is 8.42 Å². The summed E-state index contributed by atoms with van der Waals surface area (Å²) in [5.41, 5.74) is 0. The van der Waals surface area contributed by atoms with Crippen molar-refractivity contribution in [3.63, 3.8) is 0 Å². The first-order chi connectivity index (χ1) is 26.7. The van der Waals surface area contributed by atoms with Crippen LogP contribution in [-0.2, 0) is 9.84 Å². The fourth-order valence-electron chi connectivity index (χ4n) is 4.17. The second kappa shape index (κ2) is 16.7. The average molecular weight is 1080 g/mol. The zero-order chi connectivity index (χ0) is 51.9. The molecule has 0 rings (SSSR count). The highest BCUT2D eigenvalue weighted by Crippen LogP contribution is 2.66. The van der Waals surface area contributed by atoms with Gasteiger partial charge >= 0.3 is 95.3 Å². The topological polar surface area (TPSA) is 34.1 Å². The highest BCUT2D eigenvalue weighted by atomic mass is 35.5. The lowest BCUT2D eigenvalue weighted by Crippen LogP contribution is -2.74. The van der Waals surface area contributed by atoms with Crippen molar-refractivity contribution in [1.29, 1.82) is 0 Å². The number of sulfone groups is 1. The number of halogens is 36. The molecule has 2 atom stereocenters.